The summed E-state index contributed by atoms with van der Waals surface area (Å²) in [5, 5.41) is 1.84. The Morgan fingerprint density at radius 2 is 1.83 bits per heavy atom. The molecule has 2 amide bonds. The monoisotopic (exact) mass is 418 g/mol. The molecular weight excluding hydrogens is 400 g/mol. The van der Waals surface area contributed by atoms with Gasteiger partial charge in [0.25, 0.3) is 11.1 Å². The molecule has 1 fully saturated rings. The van der Waals surface area contributed by atoms with Gasteiger partial charge in [-0.2, -0.15) is 0 Å². The minimum atomic E-state index is -0.400. The van der Waals surface area contributed by atoms with Crippen molar-refractivity contribution in [3.05, 3.63) is 82.1 Å². The van der Waals surface area contributed by atoms with Crippen molar-refractivity contribution in [1.29, 1.82) is 0 Å². The van der Waals surface area contributed by atoms with Crippen LogP contribution in [0.15, 0.2) is 63.9 Å². The van der Waals surface area contributed by atoms with Crippen molar-refractivity contribution in [2.45, 2.75) is 19.8 Å². The highest BCUT2D eigenvalue weighted by molar-refractivity contribution is 8.18. The number of oxazole rings is 1. The van der Waals surface area contributed by atoms with Crippen LogP contribution in [0, 0.1) is 6.92 Å². The molecule has 0 aliphatic carbocycles. The maximum absolute atomic E-state index is 12.6. The van der Waals surface area contributed by atoms with Gasteiger partial charge in [-0.1, -0.05) is 42.5 Å². The van der Waals surface area contributed by atoms with Crippen LogP contribution in [0.25, 0.3) is 17.5 Å². The molecule has 6 nitrogen and oxygen atoms in total. The van der Waals surface area contributed by atoms with E-state index in [1.807, 2.05) is 37.3 Å². The molecule has 1 aliphatic heterocycles. The van der Waals surface area contributed by atoms with E-state index in [0.717, 1.165) is 28.6 Å². The van der Waals surface area contributed by atoms with Crippen molar-refractivity contribution < 1.29 is 18.8 Å². The second-order valence-electron chi connectivity index (χ2n) is 6.79. The normalized spacial score (nSPS) is 14.9. The second-order valence-corrected chi connectivity index (χ2v) is 7.80. The molecule has 0 atom stereocenters. The number of benzene rings is 2. The molecule has 7 heteroatoms. The van der Waals surface area contributed by atoms with Crippen LogP contribution in [0.2, 0.25) is 0 Å². The van der Waals surface area contributed by atoms with Crippen LogP contribution >= 0.6 is 11.8 Å². The number of imide groups is 1. The Kier molecular flexibility index (Phi) is 5.63. The van der Waals surface area contributed by atoms with Crippen LogP contribution in [0.4, 0.5) is 4.79 Å². The predicted molar refractivity (Wildman–Crippen MR) is 115 cm³/mol. The summed E-state index contributed by atoms with van der Waals surface area (Å²) in [4.78, 5) is 40.3. The molecule has 1 saturated heterocycles. The molecule has 4 rings (SSSR count). The minimum absolute atomic E-state index is 0.000950. The number of aromatic nitrogens is 1. The number of rotatable bonds is 6. The van der Waals surface area contributed by atoms with E-state index < -0.39 is 5.91 Å². The molecule has 0 radical (unpaired) electrons. The second kappa shape index (κ2) is 8.51. The van der Waals surface area contributed by atoms with Gasteiger partial charge in [-0.25, -0.2) is 4.98 Å². The van der Waals surface area contributed by atoms with E-state index in [1.54, 1.807) is 30.3 Å². The van der Waals surface area contributed by atoms with Crippen molar-refractivity contribution in [2.24, 2.45) is 0 Å². The van der Waals surface area contributed by atoms with Gasteiger partial charge in [-0.15, -0.1) is 0 Å². The summed E-state index contributed by atoms with van der Waals surface area (Å²) in [6.45, 7) is 1.85. The zero-order chi connectivity index (χ0) is 21.1. The van der Waals surface area contributed by atoms with Gasteiger partial charge >= 0.3 is 0 Å². The molecule has 0 spiro atoms. The van der Waals surface area contributed by atoms with E-state index >= 15 is 0 Å². The lowest BCUT2D eigenvalue weighted by molar-refractivity contribution is -0.115. The van der Waals surface area contributed by atoms with Crippen LogP contribution in [0.1, 0.15) is 33.8 Å². The average molecular weight is 418 g/mol. The lowest BCUT2D eigenvalue weighted by Gasteiger charge is -2.02. The number of amides is 2. The fourth-order valence-corrected chi connectivity index (χ4v) is 3.76. The summed E-state index contributed by atoms with van der Waals surface area (Å²) in [5.74, 6) is 0.870. The molecule has 2 aromatic carbocycles. The first-order chi connectivity index (χ1) is 14.5. The zero-order valence-electron chi connectivity index (χ0n) is 16.2. The topological polar surface area (TPSA) is 89.3 Å². The van der Waals surface area contributed by atoms with Crippen LogP contribution in [-0.2, 0) is 11.2 Å². The minimum Gasteiger partial charge on any atom is -0.441 e. The first kappa shape index (κ1) is 19.8. The average Bonchev–Trinajstić information content (AvgIpc) is 3.28. The highest BCUT2D eigenvalue weighted by Crippen LogP contribution is 2.26. The SMILES string of the molecule is Cc1oc(-c2ccccc2)nc1CCC(=O)c1ccc(/C=C2/SC(=O)NC2=O)cc1. The van der Waals surface area contributed by atoms with Gasteiger partial charge in [0, 0.05) is 24.0 Å². The maximum Gasteiger partial charge on any atom is 0.290 e. The van der Waals surface area contributed by atoms with Gasteiger partial charge in [0.2, 0.25) is 5.89 Å². The number of thioether (sulfide) groups is 1. The molecule has 1 aliphatic rings. The van der Waals surface area contributed by atoms with Crippen molar-refractivity contribution >= 4 is 34.8 Å². The Balaban J connectivity index is 1.40. The molecule has 1 aromatic heterocycles. The third kappa shape index (κ3) is 4.41. The number of carbonyl (C=O) groups excluding carboxylic acids is 3. The molecule has 150 valence electrons. The quantitative estimate of drug-likeness (QED) is 0.457. The lowest BCUT2D eigenvalue weighted by Crippen LogP contribution is -2.17. The number of nitrogens with one attached hydrogen (secondary N) is 1. The smallest absolute Gasteiger partial charge is 0.290 e. The fourth-order valence-electron chi connectivity index (χ4n) is 3.08. The van der Waals surface area contributed by atoms with Crippen LogP contribution < -0.4 is 5.32 Å². The lowest BCUT2D eigenvalue weighted by atomic mass is 10.0. The van der Waals surface area contributed by atoms with E-state index in [0.29, 0.717) is 35.0 Å². The molecule has 3 aromatic rings. The van der Waals surface area contributed by atoms with Crippen LogP contribution in [0.5, 0.6) is 0 Å². The summed E-state index contributed by atoms with van der Waals surface area (Å²) in [6.07, 6.45) is 2.43. The Hall–Kier alpha value is -3.45. The molecule has 0 bridgehead atoms. The van der Waals surface area contributed by atoms with Gasteiger partial charge < -0.3 is 4.42 Å². The number of hydrogen-bond acceptors (Lipinski definition) is 6. The van der Waals surface area contributed by atoms with Gasteiger partial charge in [-0.05, 0) is 42.5 Å². The van der Waals surface area contributed by atoms with Crippen LogP contribution in [0.3, 0.4) is 0 Å². The summed E-state index contributed by atoms with van der Waals surface area (Å²) in [5.41, 5.74) is 3.01. The molecule has 2 heterocycles. The third-order valence-corrected chi connectivity index (χ3v) is 5.49. The summed E-state index contributed by atoms with van der Waals surface area (Å²) >= 11 is 0.865. The molecule has 30 heavy (non-hydrogen) atoms. The predicted octanol–water partition coefficient (Wildman–Crippen LogP) is 4.79. The number of carbonyl (C=O) groups is 3. The number of Topliss-reactive ketones (excluding diaryl/α,β-unsaturated/α-hetero) is 1. The number of ketones is 1. The molecule has 1 N–H and O–H groups in total. The Morgan fingerprint density at radius 1 is 1.10 bits per heavy atom. The first-order valence-electron chi connectivity index (χ1n) is 9.39. The van der Waals surface area contributed by atoms with Gasteiger partial charge in [0.15, 0.2) is 5.78 Å². The van der Waals surface area contributed by atoms with Gasteiger partial charge in [-0.3, -0.25) is 19.7 Å². The van der Waals surface area contributed by atoms with Gasteiger partial charge in [0.05, 0.1) is 10.6 Å². The maximum atomic E-state index is 12.6. The number of hydrogen-bond donors (Lipinski definition) is 1. The van der Waals surface area contributed by atoms with Crippen molar-refractivity contribution in [3.63, 3.8) is 0 Å². The standard InChI is InChI=1S/C23H18N2O4S/c1-14-18(24-22(29-14)17-5-3-2-4-6-17)11-12-19(26)16-9-7-15(8-10-16)13-20-21(27)25-23(28)30-20/h2-10,13H,11-12H2,1H3,(H,25,27,28)/b20-13+. The Labute approximate surface area is 177 Å². The van der Waals surface area contributed by atoms with E-state index in [-0.39, 0.29) is 11.0 Å². The number of aryl methyl sites for hydroxylation is 2. The van der Waals surface area contributed by atoms with E-state index in [4.69, 9.17) is 4.42 Å². The highest BCUT2D eigenvalue weighted by Gasteiger charge is 2.24. The first-order valence-corrected chi connectivity index (χ1v) is 10.2. The summed E-state index contributed by atoms with van der Waals surface area (Å²) in [7, 11) is 0. The summed E-state index contributed by atoms with van der Waals surface area (Å²) < 4.78 is 5.75. The molecule has 0 unspecified atom stereocenters. The third-order valence-electron chi connectivity index (χ3n) is 4.67. The van der Waals surface area contributed by atoms with Crippen molar-refractivity contribution in [2.75, 3.05) is 0 Å². The van der Waals surface area contributed by atoms with Crippen molar-refractivity contribution in [1.82, 2.24) is 10.3 Å². The Bertz CT molecular complexity index is 1150. The van der Waals surface area contributed by atoms with Crippen molar-refractivity contribution in [3.8, 4) is 11.5 Å². The molecule has 0 saturated carbocycles. The van der Waals surface area contributed by atoms with Crippen LogP contribution in [-0.4, -0.2) is 21.9 Å². The Morgan fingerprint density at radius 3 is 2.50 bits per heavy atom. The largest absolute Gasteiger partial charge is 0.441 e. The van der Waals surface area contributed by atoms with Gasteiger partial charge in [0.1, 0.15) is 5.76 Å². The molecular formula is C23H18N2O4S. The highest BCUT2D eigenvalue weighted by atomic mass is 32.2. The zero-order valence-corrected chi connectivity index (χ0v) is 17.0. The van der Waals surface area contributed by atoms with E-state index in [2.05, 4.69) is 10.3 Å². The number of nitrogens with zero attached hydrogens (tertiary/aromatic N) is 1. The fraction of sp³-hybridized carbons (Fsp3) is 0.130. The summed E-state index contributed by atoms with van der Waals surface area (Å²) in [6, 6.07) is 16.6. The van der Waals surface area contributed by atoms with E-state index in [1.165, 1.54) is 0 Å². The van der Waals surface area contributed by atoms with E-state index in [9.17, 15) is 14.4 Å².